The van der Waals surface area contributed by atoms with Crippen LogP contribution in [0.15, 0.2) is 0 Å². The molecule has 0 amide bonds. The van der Waals surface area contributed by atoms with Gasteiger partial charge in [0.15, 0.2) is 0 Å². The summed E-state index contributed by atoms with van der Waals surface area (Å²) in [4.78, 5) is 0. The van der Waals surface area contributed by atoms with Gasteiger partial charge in [0.05, 0.1) is 0 Å². The van der Waals surface area contributed by atoms with E-state index in [0.29, 0.717) is 16.2 Å². The van der Waals surface area contributed by atoms with Gasteiger partial charge in [-0.3, -0.25) is 0 Å². The van der Waals surface area contributed by atoms with E-state index in [0.717, 1.165) is 5.92 Å². The Labute approximate surface area is 96.8 Å². The van der Waals surface area contributed by atoms with E-state index >= 15 is 0 Å². The van der Waals surface area contributed by atoms with Crippen LogP contribution in [0.5, 0.6) is 0 Å². The van der Waals surface area contributed by atoms with Crippen LogP contribution >= 0.6 is 0 Å². The number of hydrogen-bond acceptors (Lipinski definition) is 0. The summed E-state index contributed by atoms with van der Waals surface area (Å²) in [6, 6.07) is 0. The highest BCUT2D eigenvalue weighted by molar-refractivity contribution is 5.05. The molecule has 90 valence electrons. The lowest BCUT2D eigenvalue weighted by molar-refractivity contribution is 0.207. The molecule has 0 heteroatoms. The number of hydrogen-bond donors (Lipinski definition) is 0. The van der Waals surface area contributed by atoms with Gasteiger partial charge in [0.25, 0.3) is 0 Å². The monoisotopic (exact) mass is 210 g/mol. The zero-order chi connectivity index (χ0) is 11.9. The molecule has 1 aliphatic carbocycles. The van der Waals surface area contributed by atoms with Gasteiger partial charge in [-0.25, -0.2) is 0 Å². The van der Waals surface area contributed by atoms with E-state index in [2.05, 4.69) is 48.5 Å². The number of rotatable bonds is 3. The molecule has 0 aromatic rings. The SMILES string of the molecule is CC(C)(C)CCCC1CC1(C)C(C)(C)C. The van der Waals surface area contributed by atoms with Gasteiger partial charge in [-0.15, -0.1) is 0 Å². The van der Waals surface area contributed by atoms with Crippen LogP contribution in [0.1, 0.15) is 74.1 Å². The molecule has 0 spiro atoms. The molecule has 0 radical (unpaired) electrons. The Morgan fingerprint density at radius 1 is 1.07 bits per heavy atom. The normalized spacial score (nSPS) is 31.8. The Bertz CT molecular complexity index is 213. The molecule has 1 saturated carbocycles. The topological polar surface area (TPSA) is 0 Å². The van der Waals surface area contributed by atoms with Gasteiger partial charge in [0, 0.05) is 0 Å². The minimum Gasteiger partial charge on any atom is -0.0602 e. The molecule has 1 rings (SSSR count). The third kappa shape index (κ3) is 3.23. The molecule has 2 atom stereocenters. The van der Waals surface area contributed by atoms with E-state index in [4.69, 9.17) is 0 Å². The lowest BCUT2D eigenvalue weighted by Gasteiger charge is -2.29. The van der Waals surface area contributed by atoms with E-state index in [9.17, 15) is 0 Å². The Hall–Kier alpha value is 0. The van der Waals surface area contributed by atoms with Crippen LogP contribution in [0.3, 0.4) is 0 Å². The summed E-state index contributed by atoms with van der Waals surface area (Å²) < 4.78 is 0. The quantitative estimate of drug-likeness (QED) is 0.595. The predicted molar refractivity (Wildman–Crippen MR) is 69.0 cm³/mol. The second-order valence-corrected chi connectivity index (χ2v) is 8.02. The highest BCUT2D eigenvalue weighted by Gasteiger charge is 2.56. The smallest absolute Gasteiger partial charge is 0.0246 e. The van der Waals surface area contributed by atoms with E-state index in [1.165, 1.54) is 25.7 Å². The molecule has 0 nitrogen and oxygen atoms in total. The summed E-state index contributed by atoms with van der Waals surface area (Å²) in [5, 5.41) is 0. The van der Waals surface area contributed by atoms with Crippen molar-refractivity contribution in [3.05, 3.63) is 0 Å². The summed E-state index contributed by atoms with van der Waals surface area (Å²) in [7, 11) is 0. The van der Waals surface area contributed by atoms with Gasteiger partial charge < -0.3 is 0 Å². The fourth-order valence-electron chi connectivity index (χ4n) is 2.67. The van der Waals surface area contributed by atoms with Crippen molar-refractivity contribution < 1.29 is 0 Å². The van der Waals surface area contributed by atoms with E-state index < -0.39 is 0 Å². The van der Waals surface area contributed by atoms with E-state index in [-0.39, 0.29) is 0 Å². The second kappa shape index (κ2) is 3.79. The fraction of sp³-hybridized carbons (Fsp3) is 1.00. The van der Waals surface area contributed by atoms with Crippen molar-refractivity contribution in [1.29, 1.82) is 0 Å². The summed E-state index contributed by atoms with van der Waals surface area (Å²) in [6.07, 6.45) is 5.70. The first-order valence-electron chi connectivity index (χ1n) is 6.56. The van der Waals surface area contributed by atoms with Gasteiger partial charge in [-0.05, 0) is 41.4 Å². The first kappa shape index (κ1) is 13.1. The first-order valence-corrected chi connectivity index (χ1v) is 6.56. The van der Waals surface area contributed by atoms with Crippen molar-refractivity contribution in [2.75, 3.05) is 0 Å². The van der Waals surface area contributed by atoms with Gasteiger partial charge in [0.2, 0.25) is 0 Å². The standard InChI is InChI=1S/C15H30/c1-13(2,3)10-8-9-12-11-15(12,7)14(4,5)6/h12H,8-11H2,1-7H3. The third-order valence-corrected chi connectivity index (χ3v) is 4.60. The minimum absolute atomic E-state index is 0.499. The van der Waals surface area contributed by atoms with Crippen molar-refractivity contribution in [1.82, 2.24) is 0 Å². The summed E-state index contributed by atoms with van der Waals surface area (Å²) in [6.45, 7) is 16.7. The van der Waals surface area contributed by atoms with Crippen LogP contribution in [0.2, 0.25) is 0 Å². The lowest BCUT2D eigenvalue weighted by Crippen LogP contribution is -2.20. The maximum Gasteiger partial charge on any atom is -0.0246 e. The summed E-state index contributed by atoms with van der Waals surface area (Å²) >= 11 is 0. The van der Waals surface area contributed by atoms with Crippen molar-refractivity contribution >= 4 is 0 Å². The zero-order valence-corrected chi connectivity index (χ0v) is 11.9. The molecule has 1 fully saturated rings. The summed E-state index contributed by atoms with van der Waals surface area (Å²) in [5.74, 6) is 1.000. The molecular weight excluding hydrogens is 180 g/mol. The molecule has 0 bridgehead atoms. The van der Waals surface area contributed by atoms with Crippen LogP contribution in [0, 0.1) is 22.2 Å². The van der Waals surface area contributed by atoms with Crippen molar-refractivity contribution in [3.8, 4) is 0 Å². The van der Waals surface area contributed by atoms with Crippen molar-refractivity contribution in [3.63, 3.8) is 0 Å². The molecule has 0 saturated heterocycles. The molecule has 0 aliphatic heterocycles. The van der Waals surface area contributed by atoms with E-state index in [1.54, 1.807) is 0 Å². The maximum atomic E-state index is 2.48. The third-order valence-electron chi connectivity index (χ3n) is 4.60. The van der Waals surface area contributed by atoms with Gasteiger partial charge >= 0.3 is 0 Å². The van der Waals surface area contributed by atoms with Gasteiger partial charge in [-0.2, -0.15) is 0 Å². The molecule has 15 heavy (non-hydrogen) atoms. The minimum atomic E-state index is 0.499. The van der Waals surface area contributed by atoms with E-state index in [1.807, 2.05) is 0 Å². The van der Waals surface area contributed by atoms with Crippen LogP contribution < -0.4 is 0 Å². The zero-order valence-electron chi connectivity index (χ0n) is 11.9. The predicted octanol–water partition coefficient (Wildman–Crippen LogP) is 5.28. The van der Waals surface area contributed by atoms with Crippen LogP contribution in [-0.4, -0.2) is 0 Å². The molecule has 0 aromatic heterocycles. The molecule has 1 aliphatic rings. The Balaban J connectivity index is 2.28. The Morgan fingerprint density at radius 3 is 1.93 bits per heavy atom. The van der Waals surface area contributed by atoms with Gasteiger partial charge in [-0.1, -0.05) is 54.9 Å². The maximum absolute atomic E-state index is 2.48. The Kier molecular flexibility index (Phi) is 3.30. The molecule has 0 heterocycles. The molecular formula is C15H30. The molecule has 0 aromatic carbocycles. The fourth-order valence-corrected chi connectivity index (χ4v) is 2.67. The first-order chi connectivity index (χ1) is 6.56. The highest BCUT2D eigenvalue weighted by Crippen LogP contribution is 2.64. The Morgan fingerprint density at radius 2 is 1.60 bits per heavy atom. The van der Waals surface area contributed by atoms with Crippen LogP contribution in [0.4, 0.5) is 0 Å². The summed E-state index contributed by atoms with van der Waals surface area (Å²) in [5.41, 5.74) is 1.65. The van der Waals surface area contributed by atoms with Crippen LogP contribution in [0.25, 0.3) is 0 Å². The average Bonchev–Trinajstić information content (AvgIpc) is 2.59. The van der Waals surface area contributed by atoms with Gasteiger partial charge in [0.1, 0.15) is 0 Å². The highest BCUT2D eigenvalue weighted by atomic mass is 14.6. The molecule has 2 unspecified atom stereocenters. The second-order valence-electron chi connectivity index (χ2n) is 8.02. The van der Waals surface area contributed by atoms with Crippen molar-refractivity contribution in [2.45, 2.75) is 74.1 Å². The van der Waals surface area contributed by atoms with Crippen molar-refractivity contribution in [2.24, 2.45) is 22.2 Å². The largest absolute Gasteiger partial charge is 0.0602 e. The molecule has 0 N–H and O–H groups in total. The van der Waals surface area contributed by atoms with Crippen LogP contribution in [-0.2, 0) is 0 Å². The average molecular weight is 210 g/mol. The lowest BCUT2D eigenvalue weighted by atomic mass is 9.76.